The number of allylic oxidation sites excluding steroid dienone is 2. The summed E-state index contributed by atoms with van der Waals surface area (Å²) in [5.74, 6) is -1.09. The van der Waals surface area contributed by atoms with E-state index < -0.39 is 18.5 Å². The summed E-state index contributed by atoms with van der Waals surface area (Å²) in [6, 6.07) is 17.9. The molecule has 0 aliphatic heterocycles. The summed E-state index contributed by atoms with van der Waals surface area (Å²) < 4.78 is 5.02. The molecule has 0 atom stereocenters. The van der Waals surface area contributed by atoms with Crippen molar-refractivity contribution in [1.82, 2.24) is 5.32 Å². The highest BCUT2D eigenvalue weighted by Gasteiger charge is 2.13. The number of carbonyl (C=O) groups excluding carboxylic acids is 2. The Balaban J connectivity index is 1.94. The van der Waals surface area contributed by atoms with Gasteiger partial charge in [0.05, 0.1) is 35.1 Å². The number of nitrogens with two attached hydrogens (primary N) is 1. The number of rotatable bonds is 7. The van der Waals surface area contributed by atoms with Crippen LogP contribution in [-0.2, 0) is 20.7 Å². The van der Waals surface area contributed by atoms with E-state index >= 15 is 0 Å². The van der Waals surface area contributed by atoms with Gasteiger partial charge < -0.3 is 15.8 Å². The molecule has 0 radical (unpaired) electrons. The van der Waals surface area contributed by atoms with Gasteiger partial charge in [-0.15, -0.1) is 0 Å². The van der Waals surface area contributed by atoms with Crippen molar-refractivity contribution >= 4 is 23.3 Å². The van der Waals surface area contributed by atoms with E-state index in [-0.39, 0.29) is 6.42 Å². The van der Waals surface area contributed by atoms with E-state index in [1.165, 1.54) is 0 Å². The van der Waals surface area contributed by atoms with Crippen molar-refractivity contribution in [3.05, 3.63) is 77.1 Å². The zero-order chi connectivity index (χ0) is 21.2. The van der Waals surface area contributed by atoms with Crippen LogP contribution in [0.3, 0.4) is 0 Å². The maximum Gasteiger partial charge on any atom is 0.310 e. The SMILES string of the molecule is CC(=Nc1ccccc1)C(NC(=O)COC(=O)Cc1cccc(C#N)c1)=C(C)N. The summed E-state index contributed by atoms with van der Waals surface area (Å²) in [6.45, 7) is 2.92. The molecule has 0 saturated carbocycles. The van der Waals surface area contributed by atoms with E-state index in [1.54, 1.807) is 38.1 Å². The molecule has 148 valence electrons. The number of hydrogen-bond acceptors (Lipinski definition) is 6. The first-order valence-electron chi connectivity index (χ1n) is 8.90. The second-order valence-corrected chi connectivity index (χ2v) is 6.29. The molecule has 0 spiro atoms. The van der Waals surface area contributed by atoms with Gasteiger partial charge in [-0.25, -0.2) is 0 Å². The molecule has 29 heavy (non-hydrogen) atoms. The average molecular weight is 390 g/mol. The smallest absolute Gasteiger partial charge is 0.310 e. The molecule has 0 aliphatic carbocycles. The number of nitriles is 1. The van der Waals surface area contributed by atoms with Crippen LogP contribution >= 0.6 is 0 Å². The normalized spacial score (nSPS) is 11.8. The van der Waals surface area contributed by atoms with Crippen LogP contribution in [0.5, 0.6) is 0 Å². The number of carbonyl (C=O) groups is 2. The lowest BCUT2D eigenvalue weighted by Gasteiger charge is -2.12. The number of nitrogens with one attached hydrogen (secondary N) is 1. The van der Waals surface area contributed by atoms with Crippen LogP contribution in [0.15, 0.2) is 71.0 Å². The monoisotopic (exact) mass is 390 g/mol. The Bertz CT molecular complexity index is 985. The molecule has 0 unspecified atom stereocenters. The topological polar surface area (TPSA) is 118 Å². The molecule has 2 aromatic rings. The zero-order valence-electron chi connectivity index (χ0n) is 16.3. The van der Waals surface area contributed by atoms with Crippen LogP contribution in [0, 0.1) is 11.3 Å². The van der Waals surface area contributed by atoms with Crippen molar-refractivity contribution in [2.24, 2.45) is 10.7 Å². The Morgan fingerprint density at radius 3 is 2.52 bits per heavy atom. The fourth-order valence-electron chi connectivity index (χ4n) is 2.52. The third kappa shape index (κ3) is 6.96. The van der Waals surface area contributed by atoms with Crippen molar-refractivity contribution in [3.8, 4) is 6.07 Å². The minimum absolute atomic E-state index is 0.0318. The Labute approximate surface area is 169 Å². The van der Waals surface area contributed by atoms with Gasteiger partial charge >= 0.3 is 5.97 Å². The summed E-state index contributed by atoms with van der Waals surface area (Å²) in [7, 11) is 0. The van der Waals surface area contributed by atoms with Gasteiger partial charge in [0.2, 0.25) is 0 Å². The minimum atomic E-state index is -0.570. The average Bonchev–Trinajstić information content (AvgIpc) is 2.71. The molecule has 0 fully saturated rings. The van der Waals surface area contributed by atoms with Gasteiger partial charge in [-0.2, -0.15) is 5.26 Å². The van der Waals surface area contributed by atoms with Crippen molar-refractivity contribution in [3.63, 3.8) is 0 Å². The van der Waals surface area contributed by atoms with Gasteiger partial charge in [0.15, 0.2) is 6.61 Å². The fourth-order valence-corrected chi connectivity index (χ4v) is 2.52. The number of ether oxygens (including phenoxy) is 1. The highest BCUT2D eigenvalue weighted by atomic mass is 16.5. The largest absolute Gasteiger partial charge is 0.455 e. The Kier molecular flexibility index (Phi) is 7.68. The lowest BCUT2D eigenvalue weighted by Crippen LogP contribution is -2.32. The van der Waals surface area contributed by atoms with Gasteiger partial charge in [0, 0.05) is 5.70 Å². The fraction of sp³-hybridized carbons (Fsp3) is 0.182. The summed E-state index contributed by atoms with van der Waals surface area (Å²) in [5.41, 5.74) is 8.98. The van der Waals surface area contributed by atoms with E-state index in [2.05, 4.69) is 10.3 Å². The highest BCUT2D eigenvalue weighted by Crippen LogP contribution is 2.12. The summed E-state index contributed by atoms with van der Waals surface area (Å²) in [4.78, 5) is 28.6. The molecule has 0 heterocycles. The van der Waals surface area contributed by atoms with Gasteiger partial charge in [0.1, 0.15) is 0 Å². The Morgan fingerprint density at radius 1 is 1.14 bits per heavy atom. The van der Waals surface area contributed by atoms with Crippen LogP contribution in [0.25, 0.3) is 0 Å². The third-order valence-electron chi connectivity index (χ3n) is 3.84. The maximum absolute atomic E-state index is 12.2. The maximum atomic E-state index is 12.2. The molecule has 7 nitrogen and oxygen atoms in total. The first-order valence-corrected chi connectivity index (χ1v) is 8.90. The molecule has 0 saturated heterocycles. The molecule has 3 N–H and O–H groups in total. The predicted molar refractivity (Wildman–Crippen MR) is 110 cm³/mol. The van der Waals surface area contributed by atoms with Crippen molar-refractivity contribution in [2.75, 3.05) is 6.61 Å². The van der Waals surface area contributed by atoms with Crippen molar-refractivity contribution in [1.29, 1.82) is 5.26 Å². The summed E-state index contributed by atoms with van der Waals surface area (Å²) in [5, 5.41) is 11.5. The van der Waals surface area contributed by atoms with Crippen LogP contribution < -0.4 is 11.1 Å². The molecule has 1 amide bonds. The Hall–Kier alpha value is -3.92. The van der Waals surface area contributed by atoms with Gasteiger partial charge in [-0.1, -0.05) is 30.3 Å². The summed E-state index contributed by atoms with van der Waals surface area (Å²) >= 11 is 0. The number of nitrogens with zero attached hydrogens (tertiary/aromatic N) is 2. The third-order valence-corrected chi connectivity index (χ3v) is 3.84. The van der Waals surface area contributed by atoms with Gasteiger partial charge in [-0.05, 0) is 43.7 Å². The first-order chi connectivity index (χ1) is 13.9. The zero-order valence-corrected chi connectivity index (χ0v) is 16.3. The van der Waals surface area contributed by atoms with E-state index in [9.17, 15) is 9.59 Å². The molecular weight excluding hydrogens is 368 g/mol. The molecular formula is C22H22N4O3. The van der Waals surface area contributed by atoms with Crippen LogP contribution in [-0.4, -0.2) is 24.2 Å². The highest BCUT2D eigenvalue weighted by molar-refractivity contribution is 6.03. The van der Waals surface area contributed by atoms with Gasteiger partial charge in [-0.3, -0.25) is 14.6 Å². The quantitative estimate of drug-likeness (QED) is 0.557. The number of amides is 1. The lowest BCUT2D eigenvalue weighted by atomic mass is 10.1. The van der Waals surface area contributed by atoms with E-state index in [0.29, 0.717) is 28.2 Å². The van der Waals surface area contributed by atoms with Crippen LogP contribution in [0.4, 0.5) is 5.69 Å². The van der Waals surface area contributed by atoms with Crippen molar-refractivity contribution < 1.29 is 14.3 Å². The number of aliphatic imine (C=N–C) groups is 1. The number of esters is 1. The second kappa shape index (κ2) is 10.4. The van der Waals surface area contributed by atoms with E-state index in [4.69, 9.17) is 15.7 Å². The molecule has 7 heteroatoms. The van der Waals surface area contributed by atoms with E-state index in [0.717, 1.165) is 5.69 Å². The molecule has 0 bridgehead atoms. The first kappa shape index (κ1) is 21.4. The second-order valence-electron chi connectivity index (χ2n) is 6.29. The van der Waals surface area contributed by atoms with Crippen molar-refractivity contribution in [2.45, 2.75) is 20.3 Å². The molecule has 2 aromatic carbocycles. The molecule has 2 rings (SSSR count). The standard InChI is InChI=1S/C22H22N4O3/c1-15(24)22(16(2)25-19-9-4-3-5-10-19)26-20(27)14-29-21(28)12-17-7-6-8-18(11-17)13-23/h3-11H,12,14,24H2,1-2H3,(H,26,27). The van der Waals surface area contributed by atoms with Crippen LogP contribution in [0.2, 0.25) is 0 Å². The predicted octanol–water partition coefficient (Wildman–Crippen LogP) is 2.74. The lowest BCUT2D eigenvalue weighted by molar-refractivity contribution is -0.147. The van der Waals surface area contributed by atoms with Gasteiger partial charge in [0.25, 0.3) is 5.91 Å². The Morgan fingerprint density at radius 2 is 1.86 bits per heavy atom. The van der Waals surface area contributed by atoms with Crippen LogP contribution in [0.1, 0.15) is 25.0 Å². The number of hydrogen-bond donors (Lipinski definition) is 2. The van der Waals surface area contributed by atoms with E-state index in [1.807, 2.05) is 36.4 Å². The molecule has 0 aromatic heterocycles. The molecule has 0 aliphatic rings. The number of para-hydroxylation sites is 1. The number of benzene rings is 2. The minimum Gasteiger partial charge on any atom is -0.455 e. The summed E-state index contributed by atoms with van der Waals surface area (Å²) in [6.07, 6.45) is -0.0318.